The van der Waals surface area contributed by atoms with E-state index in [0.717, 1.165) is 49.1 Å². The van der Waals surface area contributed by atoms with Crippen molar-refractivity contribution in [3.63, 3.8) is 0 Å². The molecule has 1 aliphatic carbocycles. The molecule has 1 fully saturated rings. The molecule has 1 aliphatic rings. The summed E-state index contributed by atoms with van der Waals surface area (Å²) in [5, 5.41) is 8.03. The van der Waals surface area contributed by atoms with E-state index in [1.54, 1.807) is 11.1 Å². The van der Waals surface area contributed by atoms with Gasteiger partial charge in [0.15, 0.2) is 0 Å². The lowest BCUT2D eigenvalue weighted by atomic mass is 9.64. The second-order valence-corrected chi connectivity index (χ2v) is 8.33. The molecule has 1 saturated carbocycles. The van der Waals surface area contributed by atoms with E-state index < -0.39 is 0 Å². The largest absolute Gasteiger partial charge is 0.310 e. The molecule has 1 nitrogen and oxygen atoms in total. The molecule has 0 aromatic heterocycles. The van der Waals surface area contributed by atoms with Gasteiger partial charge in [0.2, 0.25) is 0 Å². The molecule has 0 heterocycles. The number of nitrogens with one attached hydrogen (secondary N) is 1. The Morgan fingerprint density at radius 1 is 1.33 bits per heavy atom. The Labute approximate surface area is 151 Å². The van der Waals surface area contributed by atoms with E-state index in [1.807, 2.05) is 6.08 Å². The van der Waals surface area contributed by atoms with Crippen molar-refractivity contribution in [2.24, 2.45) is 23.7 Å². The maximum absolute atomic E-state index is 8.03. The molecule has 0 amide bonds. The quantitative estimate of drug-likeness (QED) is 0.216. The van der Waals surface area contributed by atoms with Crippen LogP contribution in [0.4, 0.5) is 0 Å². The molecule has 0 saturated heterocycles. The molecule has 0 spiro atoms. The summed E-state index contributed by atoms with van der Waals surface area (Å²) in [6.45, 7) is 15.5. The van der Waals surface area contributed by atoms with Crippen LogP contribution in [-0.4, -0.2) is 5.71 Å². The Kier molecular flexibility index (Phi) is 9.63. The highest BCUT2D eigenvalue weighted by Crippen LogP contribution is 2.46. The number of allylic oxidation sites excluding steroid dienone is 3. The van der Waals surface area contributed by atoms with Crippen molar-refractivity contribution in [1.82, 2.24) is 0 Å². The third kappa shape index (κ3) is 6.57. The highest BCUT2D eigenvalue weighted by molar-refractivity contribution is 5.81. The van der Waals surface area contributed by atoms with E-state index >= 15 is 0 Å². The zero-order valence-corrected chi connectivity index (χ0v) is 17.0. The van der Waals surface area contributed by atoms with Gasteiger partial charge in [0, 0.05) is 5.71 Å². The number of hydrogen-bond acceptors (Lipinski definition) is 1. The van der Waals surface area contributed by atoms with Gasteiger partial charge in [-0.2, -0.15) is 0 Å². The lowest BCUT2D eigenvalue weighted by Crippen LogP contribution is -2.30. The van der Waals surface area contributed by atoms with Gasteiger partial charge in [-0.05, 0) is 75.5 Å². The average Bonchev–Trinajstić information content (AvgIpc) is 2.54. The molecular weight excluding hydrogens is 290 g/mol. The van der Waals surface area contributed by atoms with Gasteiger partial charge in [0.1, 0.15) is 0 Å². The summed E-state index contributed by atoms with van der Waals surface area (Å²) < 4.78 is 0. The second kappa shape index (κ2) is 10.9. The van der Waals surface area contributed by atoms with Gasteiger partial charge in [-0.25, -0.2) is 0 Å². The molecule has 138 valence electrons. The molecule has 0 aromatic rings. The van der Waals surface area contributed by atoms with Crippen molar-refractivity contribution in [2.45, 2.75) is 92.4 Å². The Morgan fingerprint density at radius 3 is 2.62 bits per heavy atom. The maximum atomic E-state index is 8.03. The molecule has 1 rings (SSSR count). The second-order valence-electron chi connectivity index (χ2n) is 8.33. The van der Waals surface area contributed by atoms with E-state index in [4.69, 9.17) is 5.41 Å². The highest BCUT2D eigenvalue weighted by Gasteiger charge is 2.34. The first-order valence-electron chi connectivity index (χ1n) is 10.3. The summed E-state index contributed by atoms with van der Waals surface area (Å²) >= 11 is 0. The fourth-order valence-electron chi connectivity index (χ4n) is 4.27. The standard InChI is InChI=1S/C23H41N/c1-7-9-10-11-13-18(4)19(5)23-16-21(20(23)6)14-17(3)15-22(24)12-8-2/h7,17-18,20-21,24H,1,8-16H2,2-6H3. The Balaban J connectivity index is 2.40. The van der Waals surface area contributed by atoms with Gasteiger partial charge in [0.05, 0.1) is 0 Å². The van der Waals surface area contributed by atoms with Gasteiger partial charge < -0.3 is 5.41 Å². The predicted octanol–water partition coefficient (Wildman–Crippen LogP) is 7.58. The Bertz CT molecular complexity index is 431. The monoisotopic (exact) mass is 331 g/mol. The van der Waals surface area contributed by atoms with Crippen LogP contribution in [0, 0.1) is 29.1 Å². The lowest BCUT2D eigenvalue weighted by molar-refractivity contribution is 0.237. The highest BCUT2D eigenvalue weighted by atomic mass is 14.4. The van der Waals surface area contributed by atoms with Crippen LogP contribution in [0.1, 0.15) is 92.4 Å². The van der Waals surface area contributed by atoms with E-state index in [-0.39, 0.29) is 0 Å². The van der Waals surface area contributed by atoms with Crippen LogP contribution >= 0.6 is 0 Å². The Hall–Kier alpha value is -0.850. The van der Waals surface area contributed by atoms with Crippen LogP contribution in [0.2, 0.25) is 0 Å². The summed E-state index contributed by atoms with van der Waals surface area (Å²) in [6.07, 6.45) is 12.9. The maximum Gasteiger partial charge on any atom is 0.00917 e. The molecule has 24 heavy (non-hydrogen) atoms. The van der Waals surface area contributed by atoms with Gasteiger partial charge in [-0.1, -0.05) is 57.8 Å². The van der Waals surface area contributed by atoms with Gasteiger partial charge in [-0.3, -0.25) is 0 Å². The minimum atomic E-state index is 0.676. The van der Waals surface area contributed by atoms with Crippen LogP contribution in [0.3, 0.4) is 0 Å². The summed E-state index contributed by atoms with van der Waals surface area (Å²) in [5.74, 6) is 3.04. The van der Waals surface area contributed by atoms with Crippen LogP contribution in [0.25, 0.3) is 0 Å². The van der Waals surface area contributed by atoms with Crippen molar-refractivity contribution in [3.8, 4) is 0 Å². The van der Waals surface area contributed by atoms with Gasteiger partial charge >= 0.3 is 0 Å². The molecule has 1 N–H and O–H groups in total. The van der Waals surface area contributed by atoms with E-state index in [9.17, 15) is 0 Å². The zero-order chi connectivity index (χ0) is 18.1. The summed E-state index contributed by atoms with van der Waals surface area (Å²) in [5.41, 5.74) is 4.37. The van der Waals surface area contributed by atoms with Gasteiger partial charge in [-0.15, -0.1) is 6.58 Å². The third-order valence-corrected chi connectivity index (χ3v) is 6.13. The minimum Gasteiger partial charge on any atom is -0.310 e. The van der Waals surface area contributed by atoms with Crippen LogP contribution in [0.5, 0.6) is 0 Å². The molecule has 0 aliphatic heterocycles. The van der Waals surface area contributed by atoms with Crippen LogP contribution in [0.15, 0.2) is 23.8 Å². The van der Waals surface area contributed by atoms with Crippen LogP contribution < -0.4 is 0 Å². The smallest absolute Gasteiger partial charge is 0.00917 e. The lowest BCUT2D eigenvalue weighted by Gasteiger charge is -2.41. The first-order chi connectivity index (χ1) is 11.4. The van der Waals surface area contributed by atoms with E-state index in [0.29, 0.717) is 5.92 Å². The molecular formula is C23H41N. The third-order valence-electron chi connectivity index (χ3n) is 6.13. The predicted molar refractivity (Wildman–Crippen MR) is 109 cm³/mol. The minimum absolute atomic E-state index is 0.676. The fraction of sp³-hybridized carbons (Fsp3) is 0.783. The van der Waals surface area contributed by atoms with Crippen molar-refractivity contribution in [1.29, 1.82) is 5.41 Å². The van der Waals surface area contributed by atoms with Crippen molar-refractivity contribution < 1.29 is 0 Å². The molecule has 4 unspecified atom stereocenters. The fourth-order valence-corrected chi connectivity index (χ4v) is 4.27. The normalized spacial score (nSPS) is 24.9. The number of rotatable bonds is 12. The molecule has 0 aromatic carbocycles. The van der Waals surface area contributed by atoms with Crippen LogP contribution in [-0.2, 0) is 0 Å². The molecule has 1 heteroatoms. The van der Waals surface area contributed by atoms with Gasteiger partial charge in [0.25, 0.3) is 0 Å². The SMILES string of the molecule is C=CCCCCC(C)C(C)=C1CC(CC(C)CC(=N)CCC)C1C. The summed E-state index contributed by atoms with van der Waals surface area (Å²) in [7, 11) is 0. The average molecular weight is 332 g/mol. The first kappa shape index (κ1) is 21.2. The van der Waals surface area contributed by atoms with Crippen molar-refractivity contribution in [2.75, 3.05) is 0 Å². The first-order valence-corrected chi connectivity index (χ1v) is 10.3. The summed E-state index contributed by atoms with van der Waals surface area (Å²) in [6, 6.07) is 0. The topological polar surface area (TPSA) is 23.9 Å². The number of unbranched alkanes of at least 4 members (excludes halogenated alkanes) is 2. The molecule has 4 atom stereocenters. The molecule has 0 radical (unpaired) electrons. The van der Waals surface area contributed by atoms with E-state index in [2.05, 4.69) is 41.2 Å². The zero-order valence-electron chi connectivity index (χ0n) is 17.0. The Morgan fingerprint density at radius 2 is 2.04 bits per heavy atom. The molecule has 0 bridgehead atoms. The summed E-state index contributed by atoms with van der Waals surface area (Å²) in [4.78, 5) is 0. The van der Waals surface area contributed by atoms with E-state index in [1.165, 1.54) is 32.1 Å². The van der Waals surface area contributed by atoms with Crippen molar-refractivity contribution >= 4 is 5.71 Å². The number of hydrogen-bond donors (Lipinski definition) is 1. The van der Waals surface area contributed by atoms with Crippen molar-refractivity contribution in [3.05, 3.63) is 23.8 Å².